The van der Waals surface area contributed by atoms with E-state index < -0.39 is 5.82 Å². The van der Waals surface area contributed by atoms with Gasteiger partial charge in [-0.15, -0.1) is 11.3 Å². The van der Waals surface area contributed by atoms with Gasteiger partial charge in [-0.3, -0.25) is 9.69 Å². The largest absolute Gasteiger partial charge is 0.489 e. The van der Waals surface area contributed by atoms with Crippen molar-refractivity contribution in [3.05, 3.63) is 118 Å². The van der Waals surface area contributed by atoms with Crippen LogP contribution in [0.25, 0.3) is 55.2 Å². The van der Waals surface area contributed by atoms with Gasteiger partial charge in [0.25, 0.3) is 0 Å². The lowest BCUT2D eigenvalue weighted by molar-refractivity contribution is -0.121. The number of benzene rings is 4. The Morgan fingerprint density at radius 2 is 1.62 bits per heavy atom. The van der Waals surface area contributed by atoms with Crippen LogP contribution in [0.4, 0.5) is 4.39 Å². The van der Waals surface area contributed by atoms with E-state index in [-0.39, 0.29) is 18.3 Å². The van der Waals surface area contributed by atoms with Crippen molar-refractivity contribution in [2.75, 3.05) is 52.5 Å². The van der Waals surface area contributed by atoms with Gasteiger partial charge in [-0.1, -0.05) is 61.2 Å². The van der Waals surface area contributed by atoms with E-state index >= 15 is 4.39 Å². The highest BCUT2D eigenvalue weighted by molar-refractivity contribution is 7.07. The van der Waals surface area contributed by atoms with Crippen LogP contribution in [-0.4, -0.2) is 87.6 Å². The summed E-state index contributed by atoms with van der Waals surface area (Å²) >= 11 is 1.63. The zero-order valence-corrected chi connectivity index (χ0v) is 41.1. The topological polar surface area (TPSA) is 125 Å². The summed E-state index contributed by atoms with van der Waals surface area (Å²) < 4.78 is 36.8. The first-order valence-electron chi connectivity index (χ1n) is 24.9. The molecule has 14 heteroatoms. The summed E-state index contributed by atoms with van der Waals surface area (Å²) in [5.74, 6) is 1.54. The molecule has 5 heterocycles. The normalized spacial score (nSPS) is 13.3. The summed E-state index contributed by atoms with van der Waals surface area (Å²) in [5.41, 5.74) is 13.7. The molecule has 1 amide bonds. The number of nitrogens with one attached hydrogen (secondary N) is 2. The molecular weight excluding hydrogens is 888 g/mol. The van der Waals surface area contributed by atoms with Crippen LogP contribution in [0.15, 0.2) is 88.2 Å². The molecule has 8 aromatic rings. The Kier molecular flexibility index (Phi) is 16.1. The Morgan fingerprint density at radius 3 is 2.42 bits per heavy atom. The summed E-state index contributed by atoms with van der Waals surface area (Å²) in [6, 6.07) is 25.1. The first-order valence-corrected chi connectivity index (χ1v) is 25.8. The molecule has 2 N–H and O–H groups in total. The summed E-state index contributed by atoms with van der Waals surface area (Å²) in [4.78, 5) is 24.6. The maximum Gasteiger partial charge on any atom is 0.220 e. The number of aryl methyl sites for hydroxylation is 5. The van der Waals surface area contributed by atoms with Crippen molar-refractivity contribution >= 4 is 50.1 Å². The van der Waals surface area contributed by atoms with Crippen molar-refractivity contribution in [2.45, 2.75) is 98.2 Å². The predicted octanol–water partition coefficient (Wildman–Crippen LogP) is 10.8. The van der Waals surface area contributed by atoms with E-state index in [0.717, 1.165) is 147 Å². The van der Waals surface area contributed by atoms with Gasteiger partial charge in [-0.25, -0.2) is 14.4 Å². The van der Waals surface area contributed by atoms with Crippen molar-refractivity contribution in [1.29, 1.82) is 0 Å². The number of amides is 1. The molecule has 0 radical (unpaired) electrons. The van der Waals surface area contributed by atoms with E-state index in [1.807, 2.05) is 25.4 Å². The monoisotopic (exact) mass is 952 g/mol. The third-order valence-corrected chi connectivity index (χ3v) is 14.1. The standard InChI is InChI=1S/C55H65FN8O4S/c1-4-63-49-18-12-41(31-45(49)44-17-15-42(34-51(44)63)48-36-69-37-59-48)35-57-22-10-8-6-5-7-9-11-54(65)58-23-28-67-52-20-13-40(32-46(52)56)14-21-53-60-47-33-43(55-38(2)61-68-39(55)3)16-19-50(47)64(53)25-24-62-26-29-66-30-27-62/h12-13,15-20,31-34,36-37,57H,4-11,14,21-30,35H2,1-3H3,(H,58,65). The van der Waals surface area contributed by atoms with Crippen LogP contribution in [0.3, 0.4) is 0 Å². The second kappa shape index (κ2) is 23.1. The molecule has 0 saturated carbocycles. The van der Waals surface area contributed by atoms with E-state index in [9.17, 15) is 4.79 Å². The van der Waals surface area contributed by atoms with Gasteiger partial charge in [-0.2, -0.15) is 0 Å². The molecule has 0 aliphatic carbocycles. The zero-order chi connectivity index (χ0) is 47.5. The number of thiazole rings is 1. The summed E-state index contributed by atoms with van der Waals surface area (Å²) in [7, 11) is 0. The highest BCUT2D eigenvalue weighted by Gasteiger charge is 2.19. The molecular formula is C55H65FN8O4S. The van der Waals surface area contributed by atoms with Crippen LogP contribution in [0.2, 0.25) is 0 Å². The minimum atomic E-state index is -0.407. The third-order valence-electron chi connectivity index (χ3n) is 13.5. The Hall–Kier alpha value is -5.93. The maximum atomic E-state index is 15.3. The number of carbonyl (C=O) groups is 1. The molecule has 69 heavy (non-hydrogen) atoms. The van der Waals surface area contributed by atoms with Gasteiger partial charge in [0.15, 0.2) is 11.6 Å². The number of halogens is 1. The predicted molar refractivity (Wildman–Crippen MR) is 275 cm³/mol. The number of carbonyl (C=O) groups excluding carboxylic acids is 1. The zero-order valence-electron chi connectivity index (χ0n) is 40.3. The fraction of sp³-hybridized carbons (Fsp3) is 0.418. The highest BCUT2D eigenvalue weighted by Crippen LogP contribution is 2.34. The molecule has 0 atom stereocenters. The Labute approximate surface area is 408 Å². The molecule has 0 unspecified atom stereocenters. The minimum absolute atomic E-state index is 0.00681. The second-order valence-electron chi connectivity index (χ2n) is 18.2. The molecule has 362 valence electrons. The lowest BCUT2D eigenvalue weighted by Gasteiger charge is -2.27. The van der Waals surface area contributed by atoms with Crippen LogP contribution in [-0.2, 0) is 42.0 Å². The number of hydrogen-bond donors (Lipinski definition) is 2. The Bertz CT molecular complexity index is 2950. The molecule has 4 aromatic heterocycles. The van der Waals surface area contributed by atoms with Crippen molar-refractivity contribution < 1.29 is 23.2 Å². The molecule has 1 fully saturated rings. The Morgan fingerprint density at radius 1 is 0.812 bits per heavy atom. The molecule has 9 rings (SSSR count). The second-order valence-corrected chi connectivity index (χ2v) is 19.0. The van der Waals surface area contributed by atoms with Gasteiger partial charge in [0.2, 0.25) is 5.91 Å². The quantitative estimate of drug-likeness (QED) is 0.0570. The number of unbranched alkanes of at least 4 members (excludes halogenated alkanes) is 5. The molecule has 1 saturated heterocycles. The van der Waals surface area contributed by atoms with Crippen LogP contribution < -0.4 is 15.4 Å². The first-order chi connectivity index (χ1) is 33.8. The molecule has 1 aliphatic rings. The fourth-order valence-electron chi connectivity index (χ4n) is 9.84. The summed E-state index contributed by atoms with van der Waals surface area (Å²) in [6.45, 7) is 14.4. The van der Waals surface area contributed by atoms with Crippen LogP contribution in [0.1, 0.15) is 80.3 Å². The number of imidazole rings is 1. The number of ether oxygens (including phenoxy) is 2. The van der Waals surface area contributed by atoms with Gasteiger partial charge in [0.1, 0.15) is 18.2 Å². The number of aromatic nitrogens is 5. The molecule has 4 aromatic carbocycles. The average Bonchev–Trinajstić information content (AvgIpc) is 4.17. The van der Waals surface area contributed by atoms with Crippen LogP contribution >= 0.6 is 11.3 Å². The SMILES string of the molecule is CCn1c2ccc(CNCCCCCCCCC(=O)NCCOc3ccc(CCc4nc5cc(-c6c(C)noc6C)ccc5n4CCN4CCOCC4)cc3F)cc2c2ccc(-c3cscn3)cc21. The summed E-state index contributed by atoms with van der Waals surface area (Å²) in [5, 5.41) is 15.4. The number of hydrogen-bond acceptors (Lipinski definition) is 10. The molecule has 0 bridgehead atoms. The third kappa shape index (κ3) is 11.7. The van der Waals surface area contributed by atoms with E-state index in [1.165, 1.54) is 33.8 Å². The van der Waals surface area contributed by atoms with Crippen molar-refractivity contribution in [3.8, 4) is 28.1 Å². The average molecular weight is 953 g/mol. The van der Waals surface area contributed by atoms with Crippen molar-refractivity contribution in [2.24, 2.45) is 0 Å². The number of rotatable bonds is 24. The smallest absolute Gasteiger partial charge is 0.220 e. The van der Waals surface area contributed by atoms with Crippen molar-refractivity contribution in [3.63, 3.8) is 0 Å². The lowest BCUT2D eigenvalue weighted by Crippen LogP contribution is -2.38. The molecule has 0 spiro atoms. The number of fused-ring (bicyclic) bond motifs is 4. The number of nitrogens with zero attached hydrogens (tertiary/aromatic N) is 6. The van der Waals surface area contributed by atoms with E-state index in [0.29, 0.717) is 25.8 Å². The minimum Gasteiger partial charge on any atom is -0.489 e. The number of morpholine rings is 1. The Balaban J connectivity index is 0.653. The fourth-order valence-corrected chi connectivity index (χ4v) is 10.4. The van der Waals surface area contributed by atoms with E-state index in [4.69, 9.17) is 19.0 Å². The molecule has 12 nitrogen and oxygen atoms in total. The van der Waals surface area contributed by atoms with Gasteiger partial charge in [0, 0.05) is 90.4 Å². The van der Waals surface area contributed by atoms with Gasteiger partial charge in [0.05, 0.1) is 47.7 Å². The van der Waals surface area contributed by atoms with E-state index in [2.05, 4.69) is 102 Å². The lowest BCUT2D eigenvalue weighted by atomic mass is 10.0. The highest BCUT2D eigenvalue weighted by atomic mass is 32.1. The van der Waals surface area contributed by atoms with Gasteiger partial charge in [-0.05, 0) is 106 Å². The maximum absolute atomic E-state index is 15.3. The van der Waals surface area contributed by atoms with E-state index in [1.54, 1.807) is 23.5 Å². The van der Waals surface area contributed by atoms with Gasteiger partial charge >= 0.3 is 0 Å². The van der Waals surface area contributed by atoms with Crippen LogP contribution in [0, 0.1) is 19.7 Å². The van der Waals surface area contributed by atoms with Gasteiger partial charge < -0.3 is 33.8 Å². The van der Waals surface area contributed by atoms with Crippen LogP contribution in [0.5, 0.6) is 5.75 Å². The van der Waals surface area contributed by atoms with Crippen molar-refractivity contribution in [1.82, 2.24) is 39.8 Å². The molecule has 1 aliphatic heterocycles. The first kappa shape index (κ1) is 48.1. The summed E-state index contributed by atoms with van der Waals surface area (Å²) in [6.07, 6.45) is 8.25.